The van der Waals surface area contributed by atoms with Gasteiger partial charge in [-0.25, -0.2) is 0 Å². The first-order valence-corrected chi connectivity index (χ1v) is 5.36. The maximum Gasteiger partial charge on any atom is 0.323 e. The number of pyridine rings is 1. The van der Waals surface area contributed by atoms with Gasteiger partial charge >= 0.3 is 5.97 Å². The van der Waals surface area contributed by atoms with E-state index >= 15 is 0 Å². The molecule has 1 aromatic rings. The molecule has 1 atom stereocenters. The number of aromatic nitrogens is 1. The van der Waals surface area contributed by atoms with Crippen LogP contribution in [0, 0.1) is 6.92 Å². The quantitative estimate of drug-likeness (QED) is 0.769. The molecule has 4 heteroatoms. The molecule has 86 valence electrons. The molecule has 2 rings (SSSR count). The summed E-state index contributed by atoms with van der Waals surface area (Å²) in [5.41, 5.74) is 7.93. The summed E-state index contributed by atoms with van der Waals surface area (Å²) in [6.45, 7) is 2.01. The van der Waals surface area contributed by atoms with Crippen molar-refractivity contribution < 1.29 is 9.53 Å². The van der Waals surface area contributed by atoms with Crippen molar-refractivity contribution in [2.24, 2.45) is 5.73 Å². The van der Waals surface area contributed by atoms with E-state index in [9.17, 15) is 4.79 Å². The van der Waals surface area contributed by atoms with Crippen molar-refractivity contribution in [1.29, 1.82) is 0 Å². The Labute approximate surface area is 94.8 Å². The number of hydrogen-bond donors (Lipinski definition) is 1. The SMILES string of the molecule is COC(=O)C(N)C1(c2cnccc2C)CC1. The standard InChI is InChI=1S/C12H16N2O2/c1-8-3-6-14-7-9(8)12(4-5-12)10(13)11(15)16-2/h3,6-7,10H,4-5,13H2,1-2H3. The summed E-state index contributed by atoms with van der Waals surface area (Å²) in [6, 6.07) is 1.36. The van der Waals surface area contributed by atoms with E-state index in [1.807, 2.05) is 19.2 Å². The number of nitrogens with zero attached hydrogens (tertiary/aromatic N) is 1. The number of hydrogen-bond acceptors (Lipinski definition) is 4. The molecule has 1 heterocycles. The molecule has 0 bridgehead atoms. The number of ether oxygens (including phenoxy) is 1. The molecule has 0 radical (unpaired) electrons. The summed E-state index contributed by atoms with van der Waals surface area (Å²) in [6.07, 6.45) is 5.41. The van der Waals surface area contributed by atoms with E-state index in [0.717, 1.165) is 24.0 Å². The minimum Gasteiger partial charge on any atom is -0.468 e. The van der Waals surface area contributed by atoms with Crippen molar-refractivity contribution in [3.8, 4) is 0 Å². The molecule has 2 N–H and O–H groups in total. The number of nitrogens with two attached hydrogens (primary N) is 1. The zero-order valence-electron chi connectivity index (χ0n) is 9.56. The Morgan fingerprint density at radius 1 is 1.62 bits per heavy atom. The molecular formula is C12H16N2O2. The molecule has 1 aliphatic carbocycles. The van der Waals surface area contributed by atoms with Gasteiger partial charge in [-0.05, 0) is 37.0 Å². The van der Waals surface area contributed by atoms with Crippen molar-refractivity contribution in [3.63, 3.8) is 0 Å². The molecule has 0 aliphatic heterocycles. The summed E-state index contributed by atoms with van der Waals surface area (Å²) >= 11 is 0. The average Bonchev–Trinajstić information content (AvgIpc) is 3.09. The predicted octanol–water partition coefficient (Wildman–Crippen LogP) is 0.922. The number of rotatable bonds is 3. The number of esters is 1. The first-order chi connectivity index (χ1) is 7.62. The van der Waals surface area contributed by atoms with E-state index in [0.29, 0.717) is 0 Å². The summed E-state index contributed by atoms with van der Waals surface area (Å²) < 4.78 is 4.72. The molecule has 0 amide bonds. The minimum atomic E-state index is -0.583. The third-order valence-corrected chi connectivity index (χ3v) is 3.41. The molecule has 0 aromatic carbocycles. The second kappa shape index (κ2) is 3.87. The van der Waals surface area contributed by atoms with E-state index in [1.165, 1.54) is 7.11 Å². The van der Waals surface area contributed by atoms with Gasteiger partial charge in [-0.2, -0.15) is 0 Å². The van der Waals surface area contributed by atoms with E-state index in [1.54, 1.807) is 6.20 Å². The van der Waals surface area contributed by atoms with Crippen molar-refractivity contribution >= 4 is 5.97 Å². The highest BCUT2D eigenvalue weighted by Gasteiger charge is 2.53. The fourth-order valence-electron chi connectivity index (χ4n) is 2.22. The topological polar surface area (TPSA) is 65.2 Å². The Bertz CT molecular complexity index is 413. The molecular weight excluding hydrogens is 204 g/mol. The van der Waals surface area contributed by atoms with Crippen LogP contribution in [0.1, 0.15) is 24.0 Å². The molecule has 1 aliphatic rings. The molecule has 0 saturated heterocycles. The molecule has 0 spiro atoms. The Morgan fingerprint density at radius 2 is 2.31 bits per heavy atom. The normalized spacial score (nSPS) is 18.9. The fourth-order valence-corrected chi connectivity index (χ4v) is 2.22. The Morgan fingerprint density at radius 3 is 2.81 bits per heavy atom. The average molecular weight is 220 g/mol. The summed E-state index contributed by atoms with van der Waals surface area (Å²) in [7, 11) is 1.37. The van der Waals surface area contributed by atoms with Crippen LogP contribution in [0.4, 0.5) is 0 Å². The highest BCUT2D eigenvalue weighted by Crippen LogP contribution is 2.51. The highest BCUT2D eigenvalue weighted by atomic mass is 16.5. The van der Waals surface area contributed by atoms with Gasteiger partial charge in [-0.15, -0.1) is 0 Å². The minimum absolute atomic E-state index is 0.245. The fraction of sp³-hybridized carbons (Fsp3) is 0.500. The lowest BCUT2D eigenvalue weighted by Gasteiger charge is -2.22. The van der Waals surface area contributed by atoms with Crippen LogP contribution < -0.4 is 5.73 Å². The number of carbonyl (C=O) groups is 1. The summed E-state index contributed by atoms with van der Waals surface area (Å²) in [4.78, 5) is 15.6. The van der Waals surface area contributed by atoms with Crippen molar-refractivity contribution in [3.05, 3.63) is 29.6 Å². The van der Waals surface area contributed by atoms with Crippen LogP contribution in [-0.4, -0.2) is 24.1 Å². The Balaban J connectivity index is 2.33. The molecule has 16 heavy (non-hydrogen) atoms. The van der Waals surface area contributed by atoms with E-state index in [2.05, 4.69) is 4.98 Å². The van der Waals surface area contributed by atoms with Crippen LogP contribution in [0.5, 0.6) is 0 Å². The zero-order chi connectivity index (χ0) is 11.8. The van der Waals surface area contributed by atoms with Crippen LogP contribution in [0.2, 0.25) is 0 Å². The highest BCUT2D eigenvalue weighted by molar-refractivity contribution is 5.79. The van der Waals surface area contributed by atoms with Gasteiger partial charge in [0.25, 0.3) is 0 Å². The summed E-state index contributed by atoms with van der Waals surface area (Å²) in [5.74, 6) is -0.347. The molecule has 1 aromatic heterocycles. The maximum atomic E-state index is 11.5. The van der Waals surface area contributed by atoms with Crippen LogP contribution in [0.25, 0.3) is 0 Å². The monoisotopic (exact) mass is 220 g/mol. The number of carbonyl (C=O) groups excluding carboxylic acids is 1. The van der Waals surface area contributed by atoms with Gasteiger partial charge in [0.1, 0.15) is 6.04 Å². The first kappa shape index (κ1) is 11.1. The van der Waals surface area contributed by atoms with Crippen molar-refractivity contribution in [1.82, 2.24) is 4.98 Å². The second-order valence-electron chi connectivity index (χ2n) is 4.35. The molecule has 1 saturated carbocycles. The lowest BCUT2D eigenvalue weighted by molar-refractivity contribution is -0.143. The van der Waals surface area contributed by atoms with Gasteiger partial charge in [0.05, 0.1) is 7.11 Å². The zero-order valence-corrected chi connectivity index (χ0v) is 9.56. The third-order valence-electron chi connectivity index (χ3n) is 3.41. The first-order valence-electron chi connectivity index (χ1n) is 5.36. The van der Waals surface area contributed by atoms with E-state index in [4.69, 9.17) is 10.5 Å². The van der Waals surface area contributed by atoms with Crippen LogP contribution in [-0.2, 0) is 14.9 Å². The third kappa shape index (κ3) is 1.59. The number of methoxy groups -OCH3 is 1. The van der Waals surface area contributed by atoms with Gasteiger partial charge in [-0.3, -0.25) is 9.78 Å². The predicted molar refractivity (Wildman–Crippen MR) is 59.9 cm³/mol. The molecule has 1 unspecified atom stereocenters. The van der Waals surface area contributed by atoms with E-state index < -0.39 is 6.04 Å². The summed E-state index contributed by atoms with van der Waals surface area (Å²) in [5, 5.41) is 0. The van der Waals surface area contributed by atoms with Gasteiger partial charge in [0.15, 0.2) is 0 Å². The Hall–Kier alpha value is -1.42. The van der Waals surface area contributed by atoms with Crippen molar-refractivity contribution in [2.45, 2.75) is 31.2 Å². The van der Waals surface area contributed by atoms with Gasteiger partial charge in [0, 0.05) is 17.8 Å². The van der Waals surface area contributed by atoms with Crippen LogP contribution in [0.3, 0.4) is 0 Å². The van der Waals surface area contributed by atoms with Gasteiger partial charge < -0.3 is 10.5 Å². The smallest absolute Gasteiger partial charge is 0.323 e. The number of aryl methyl sites for hydroxylation is 1. The molecule has 4 nitrogen and oxygen atoms in total. The Kier molecular flexibility index (Phi) is 2.68. The van der Waals surface area contributed by atoms with Crippen molar-refractivity contribution in [2.75, 3.05) is 7.11 Å². The van der Waals surface area contributed by atoms with Crippen LogP contribution >= 0.6 is 0 Å². The lowest BCUT2D eigenvalue weighted by Crippen LogP contribution is -2.43. The largest absolute Gasteiger partial charge is 0.468 e. The molecule has 1 fully saturated rings. The van der Waals surface area contributed by atoms with Gasteiger partial charge in [-0.1, -0.05) is 0 Å². The van der Waals surface area contributed by atoms with E-state index in [-0.39, 0.29) is 11.4 Å². The van der Waals surface area contributed by atoms with Gasteiger partial charge in [0.2, 0.25) is 0 Å². The second-order valence-corrected chi connectivity index (χ2v) is 4.35. The maximum absolute atomic E-state index is 11.5. The van der Waals surface area contributed by atoms with Crippen LogP contribution in [0.15, 0.2) is 18.5 Å². The lowest BCUT2D eigenvalue weighted by atomic mass is 9.87.